The van der Waals surface area contributed by atoms with Gasteiger partial charge in [0.05, 0.1) is 17.1 Å². The van der Waals surface area contributed by atoms with Gasteiger partial charge in [0, 0.05) is 33.0 Å². The minimum absolute atomic E-state index is 0.0950. The lowest BCUT2D eigenvalue weighted by Gasteiger charge is -2.28. The summed E-state index contributed by atoms with van der Waals surface area (Å²) in [5.74, 6) is 1.90. The first-order chi connectivity index (χ1) is 20.6. The number of benzene rings is 5. The predicted octanol–water partition coefficient (Wildman–Crippen LogP) is 8.75. The summed E-state index contributed by atoms with van der Waals surface area (Å²) < 4.78 is 2.19. The Balaban J connectivity index is 1.40. The topological polar surface area (TPSA) is 55.6 Å². The van der Waals surface area contributed by atoms with Crippen molar-refractivity contribution in [3.63, 3.8) is 0 Å². The van der Waals surface area contributed by atoms with E-state index in [0.29, 0.717) is 17.6 Å². The van der Waals surface area contributed by atoms with Crippen molar-refractivity contribution in [3.05, 3.63) is 139 Å². The summed E-state index contributed by atoms with van der Waals surface area (Å²) in [6.45, 7) is 4.66. The average molecular weight is 544 g/mol. The fourth-order valence-electron chi connectivity index (χ4n) is 6.49. The number of hydrogen-bond acceptors (Lipinski definition) is 4. The molecule has 5 nitrogen and oxygen atoms in total. The number of fused-ring (bicyclic) bond motifs is 5. The number of para-hydroxylation sites is 1. The van der Waals surface area contributed by atoms with Crippen molar-refractivity contribution >= 4 is 27.5 Å². The Kier molecular flexibility index (Phi) is 5.47. The van der Waals surface area contributed by atoms with Gasteiger partial charge in [-0.25, -0.2) is 4.98 Å². The number of aromatic nitrogens is 4. The summed E-state index contributed by atoms with van der Waals surface area (Å²) in [7, 11) is 0. The van der Waals surface area contributed by atoms with Crippen molar-refractivity contribution in [3.8, 4) is 28.7 Å². The normalized spacial score (nSPS) is 15.5. The molecule has 0 spiro atoms. The Labute approximate surface area is 244 Å². The fourth-order valence-corrected chi connectivity index (χ4v) is 6.49. The van der Waals surface area contributed by atoms with E-state index in [1.165, 1.54) is 27.6 Å². The molecule has 3 heterocycles. The molecule has 42 heavy (non-hydrogen) atoms. The highest BCUT2D eigenvalue weighted by atomic mass is 15.2. The SMILES string of the molecule is CC1(C)c2ccc3c(c2NC1c1ccccc1)c1ccccc1n3-c1nc(-c2ccccc2)nc(-c2ccccc2)n1. The van der Waals surface area contributed by atoms with E-state index in [-0.39, 0.29) is 11.5 Å². The van der Waals surface area contributed by atoms with Gasteiger partial charge in [0.25, 0.3) is 0 Å². The second kappa shape index (κ2) is 9.38. The quantitative estimate of drug-likeness (QED) is 0.241. The Morgan fingerprint density at radius 2 is 1.17 bits per heavy atom. The molecule has 1 unspecified atom stereocenters. The van der Waals surface area contributed by atoms with E-state index in [4.69, 9.17) is 15.0 Å². The first kappa shape index (κ1) is 24.5. The van der Waals surface area contributed by atoms with E-state index >= 15 is 0 Å². The molecule has 0 aliphatic carbocycles. The standard InChI is InChI=1S/C37H29N5/c1-37(2)28-22-23-30-31(32(28)38-33(37)24-14-6-3-7-15-24)27-20-12-13-21-29(27)42(30)36-40-34(25-16-8-4-9-17-25)39-35(41-36)26-18-10-5-11-19-26/h3-23,33,38H,1-2H3. The van der Waals surface area contributed by atoms with Crippen LogP contribution in [-0.2, 0) is 5.41 Å². The van der Waals surface area contributed by atoms with Gasteiger partial charge >= 0.3 is 0 Å². The first-order valence-corrected chi connectivity index (χ1v) is 14.3. The third-order valence-electron chi connectivity index (χ3n) is 8.56. The molecule has 8 rings (SSSR count). The molecule has 1 atom stereocenters. The molecular weight excluding hydrogens is 514 g/mol. The molecule has 1 aliphatic heterocycles. The molecule has 7 aromatic rings. The summed E-state index contributed by atoms with van der Waals surface area (Å²) >= 11 is 0. The van der Waals surface area contributed by atoms with E-state index in [0.717, 1.165) is 22.2 Å². The molecular formula is C37H29N5. The van der Waals surface area contributed by atoms with Crippen molar-refractivity contribution < 1.29 is 0 Å². The lowest BCUT2D eigenvalue weighted by Crippen LogP contribution is -2.25. The number of nitrogens with one attached hydrogen (secondary N) is 1. The molecule has 0 amide bonds. The highest BCUT2D eigenvalue weighted by molar-refractivity contribution is 6.16. The van der Waals surface area contributed by atoms with Crippen LogP contribution in [0, 0.1) is 0 Å². The second-order valence-corrected chi connectivity index (χ2v) is 11.5. The number of anilines is 1. The van der Waals surface area contributed by atoms with Crippen molar-refractivity contribution in [2.45, 2.75) is 25.3 Å². The first-order valence-electron chi connectivity index (χ1n) is 14.3. The van der Waals surface area contributed by atoms with E-state index in [9.17, 15) is 0 Å². The zero-order valence-corrected chi connectivity index (χ0v) is 23.5. The van der Waals surface area contributed by atoms with Gasteiger partial charge in [-0.2, -0.15) is 9.97 Å². The highest BCUT2D eigenvalue weighted by Crippen LogP contribution is 2.52. The molecule has 0 fully saturated rings. The number of rotatable bonds is 4. The Morgan fingerprint density at radius 1 is 0.595 bits per heavy atom. The number of hydrogen-bond donors (Lipinski definition) is 1. The minimum Gasteiger partial charge on any atom is -0.377 e. The molecule has 0 saturated heterocycles. The van der Waals surface area contributed by atoms with Crippen LogP contribution in [-0.4, -0.2) is 19.5 Å². The smallest absolute Gasteiger partial charge is 0.238 e. The van der Waals surface area contributed by atoms with Gasteiger partial charge in [-0.1, -0.05) is 129 Å². The van der Waals surface area contributed by atoms with Gasteiger partial charge in [0.1, 0.15) is 0 Å². The van der Waals surface area contributed by atoms with Crippen LogP contribution in [0.15, 0.2) is 127 Å². The Bertz CT molecular complexity index is 2020. The van der Waals surface area contributed by atoms with Crippen LogP contribution in [0.5, 0.6) is 0 Å². The zero-order chi connectivity index (χ0) is 28.3. The fraction of sp³-hybridized carbons (Fsp3) is 0.108. The molecule has 0 bridgehead atoms. The van der Waals surface area contributed by atoms with Crippen molar-refractivity contribution in [1.29, 1.82) is 0 Å². The van der Waals surface area contributed by atoms with E-state index in [1.54, 1.807) is 0 Å². The van der Waals surface area contributed by atoms with Crippen molar-refractivity contribution in [1.82, 2.24) is 19.5 Å². The van der Waals surface area contributed by atoms with Crippen molar-refractivity contribution in [2.75, 3.05) is 5.32 Å². The number of nitrogens with zero attached hydrogens (tertiary/aromatic N) is 4. The van der Waals surface area contributed by atoms with Crippen LogP contribution < -0.4 is 5.32 Å². The maximum atomic E-state index is 5.08. The minimum atomic E-state index is -0.0950. The average Bonchev–Trinajstić information content (AvgIpc) is 3.53. The molecule has 0 saturated carbocycles. The molecule has 2 aromatic heterocycles. The van der Waals surface area contributed by atoms with Crippen LogP contribution >= 0.6 is 0 Å². The summed E-state index contributed by atoms with van der Waals surface area (Å²) in [5.41, 5.74) is 7.72. The summed E-state index contributed by atoms with van der Waals surface area (Å²) in [4.78, 5) is 15.1. The van der Waals surface area contributed by atoms with Gasteiger partial charge in [0.15, 0.2) is 11.6 Å². The van der Waals surface area contributed by atoms with E-state index in [1.807, 2.05) is 60.7 Å². The lowest BCUT2D eigenvalue weighted by molar-refractivity contribution is 0.474. The molecule has 5 heteroatoms. The molecule has 5 aromatic carbocycles. The van der Waals surface area contributed by atoms with Crippen LogP contribution in [0.25, 0.3) is 50.5 Å². The van der Waals surface area contributed by atoms with E-state index in [2.05, 4.69) is 90.5 Å². The van der Waals surface area contributed by atoms with E-state index < -0.39 is 0 Å². The monoisotopic (exact) mass is 543 g/mol. The largest absolute Gasteiger partial charge is 0.377 e. The van der Waals surface area contributed by atoms with Crippen LogP contribution in [0.3, 0.4) is 0 Å². The molecule has 1 aliphatic rings. The zero-order valence-electron chi connectivity index (χ0n) is 23.5. The van der Waals surface area contributed by atoms with Crippen LogP contribution in [0.2, 0.25) is 0 Å². The molecule has 202 valence electrons. The Morgan fingerprint density at radius 3 is 1.81 bits per heavy atom. The maximum absolute atomic E-state index is 5.08. The summed E-state index contributed by atoms with van der Waals surface area (Å²) in [5, 5.41) is 6.31. The molecule has 0 radical (unpaired) electrons. The lowest BCUT2D eigenvalue weighted by atomic mass is 9.77. The van der Waals surface area contributed by atoms with Crippen LogP contribution in [0.1, 0.15) is 31.0 Å². The summed E-state index contributed by atoms with van der Waals surface area (Å²) in [6, 6.07) is 44.2. The van der Waals surface area contributed by atoms with Gasteiger partial charge in [-0.3, -0.25) is 4.57 Å². The Hall–Kier alpha value is -5.29. The maximum Gasteiger partial charge on any atom is 0.238 e. The third kappa shape index (κ3) is 3.74. The van der Waals surface area contributed by atoms with Gasteiger partial charge in [0.2, 0.25) is 5.95 Å². The second-order valence-electron chi connectivity index (χ2n) is 11.5. The van der Waals surface area contributed by atoms with Crippen LogP contribution in [0.4, 0.5) is 5.69 Å². The molecule has 1 N–H and O–H groups in total. The van der Waals surface area contributed by atoms with Crippen molar-refractivity contribution in [2.24, 2.45) is 0 Å². The third-order valence-corrected chi connectivity index (χ3v) is 8.56. The van der Waals surface area contributed by atoms with Gasteiger partial charge in [-0.15, -0.1) is 0 Å². The highest BCUT2D eigenvalue weighted by Gasteiger charge is 2.41. The predicted molar refractivity (Wildman–Crippen MR) is 171 cm³/mol. The van der Waals surface area contributed by atoms with Gasteiger partial charge in [-0.05, 0) is 23.3 Å². The van der Waals surface area contributed by atoms with Gasteiger partial charge < -0.3 is 5.32 Å². The summed E-state index contributed by atoms with van der Waals surface area (Å²) in [6.07, 6.45) is 0.